The van der Waals surface area contributed by atoms with Gasteiger partial charge in [-0.2, -0.15) is 0 Å². The van der Waals surface area contributed by atoms with E-state index in [-0.39, 0.29) is 10.8 Å². The summed E-state index contributed by atoms with van der Waals surface area (Å²) >= 11 is 0. The number of fused-ring (bicyclic) bond motifs is 3. The van der Waals surface area contributed by atoms with Gasteiger partial charge < -0.3 is 0 Å². The van der Waals surface area contributed by atoms with E-state index in [0.29, 0.717) is 5.92 Å². The Morgan fingerprint density at radius 3 is 1.95 bits per heavy atom. The van der Waals surface area contributed by atoms with Crippen molar-refractivity contribution in [2.45, 2.75) is 52.9 Å². The molecule has 0 N–H and O–H groups in total. The lowest BCUT2D eigenvalue weighted by Gasteiger charge is -2.30. The van der Waals surface area contributed by atoms with Gasteiger partial charge in [-0.05, 0) is 38.6 Å². The Morgan fingerprint density at radius 2 is 1.33 bits per heavy atom. The fourth-order valence-corrected chi connectivity index (χ4v) is 3.61. The van der Waals surface area contributed by atoms with Crippen LogP contribution in [0, 0.1) is 5.41 Å². The molecule has 3 rings (SSSR count). The monoisotopic (exact) mass is 278 g/mol. The Kier molecular flexibility index (Phi) is 3.06. The molecule has 110 valence electrons. The Hall–Kier alpha value is -1.56. The van der Waals surface area contributed by atoms with Crippen LogP contribution < -0.4 is 0 Å². The molecule has 0 heteroatoms. The highest BCUT2D eigenvalue weighted by molar-refractivity contribution is 5.79. The van der Waals surface area contributed by atoms with E-state index in [1.165, 1.54) is 27.8 Å². The van der Waals surface area contributed by atoms with E-state index in [1.54, 1.807) is 0 Å². The third-order valence-electron chi connectivity index (χ3n) is 4.66. The van der Waals surface area contributed by atoms with Gasteiger partial charge in [0, 0.05) is 5.92 Å². The van der Waals surface area contributed by atoms with E-state index in [0.717, 1.165) is 0 Å². The van der Waals surface area contributed by atoms with Crippen LogP contribution in [0.5, 0.6) is 0 Å². The molecular formula is C21H26. The van der Waals surface area contributed by atoms with Gasteiger partial charge in [-0.25, -0.2) is 0 Å². The summed E-state index contributed by atoms with van der Waals surface area (Å²) in [7, 11) is 0. The lowest BCUT2D eigenvalue weighted by atomic mass is 9.74. The molecule has 1 aliphatic rings. The van der Waals surface area contributed by atoms with Crippen molar-refractivity contribution >= 4 is 0 Å². The Balaban J connectivity index is 2.26. The molecule has 2 aromatic carbocycles. The highest BCUT2D eigenvalue weighted by Gasteiger charge is 2.36. The SMILES string of the molecule is CC(C)(C)c1ccc2c(c1)C(C(C)(C)C)c1ccccc1-2. The van der Waals surface area contributed by atoms with Crippen LogP contribution in [0.2, 0.25) is 0 Å². The molecule has 0 spiro atoms. The van der Waals surface area contributed by atoms with Gasteiger partial charge in [0.1, 0.15) is 0 Å². The minimum absolute atomic E-state index is 0.201. The standard InChI is InChI=1S/C21H26/c1-20(2,3)14-11-12-16-15-9-7-8-10-17(15)19(18(16)13-14)21(4,5)6/h7-13,19H,1-6H3. The van der Waals surface area contributed by atoms with Crippen LogP contribution in [0.15, 0.2) is 42.5 Å². The third kappa shape index (κ3) is 2.31. The molecule has 0 radical (unpaired) electrons. The highest BCUT2D eigenvalue weighted by Crippen LogP contribution is 2.52. The second-order valence-corrected chi connectivity index (χ2v) is 8.44. The lowest BCUT2D eigenvalue weighted by molar-refractivity contribution is 0.363. The van der Waals surface area contributed by atoms with Crippen molar-refractivity contribution in [2.75, 3.05) is 0 Å². The Morgan fingerprint density at radius 1 is 0.714 bits per heavy atom. The zero-order valence-corrected chi connectivity index (χ0v) is 14.1. The largest absolute Gasteiger partial charge is 0.0619 e. The third-order valence-corrected chi connectivity index (χ3v) is 4.66. The van der Waals surface area contributed by atoms with Crippen molar-refractivity contribution in [3.8, 4) is 11.1 Å². The summed E-state index contributed by atoms with van der Waals surface area (Å²) in [6, 6.07) is 16.0. The van der Waals surface area contributed by atoms with E-state index in [1.807, 2.05) is 0 Å². The van der Waals surface area contributed by atoms with Gasteiger partial charge in [0.2, 0.25) is 0 Å². The van der Waals surface area contributed by atoms with Gasteiger partial charge in [0.05, 0.1) is 0 Å². The zero-order chi connectivity index (χ0) is 15.4. The molecule has 1 aliphatic carbocycles. The van der Waals surface area contributed by atoms with Gasteiger partial charge in [-0.3, -0.25) is 0 Å². The van der Waals surface area contributed by atoms with Crippen molar-refractivity contribution in [3.05, 3.63) is 59.2 Å². The van der Waals surface area contributed by atoms with E-state index < -0.39 is 0 Å². The van der Waals surface area contributed by atoms with E-state index in [4.69, 9.17) is 0 Å². The Bertz CT molecular complexity index is 678. The first-order chi connectivity index (χ1) is 9.69. The normalized spacial score (nSPS) is 17.5. The van der Waals surface area contributed by atoms with Crippen LogP contribution in [0.1, 0.15) is 64.2 Å². The van der Waals surface area contributed by atoms with Gasteiger partial charge in [-0.1, -0.05) is 84.0 Å². The molecule has 1 atom stereocenters. The topological polar surface area (TPSA) is 0 Å². The van der Waals surface area contributed by atoms with Crippen LogP contribution in [0.4, 0.5) is 0 Å². The minimum Gasteiger partial charge on any atom is -0.0619 e. The van der Waals surface area contributed by atoms with Crippen LogP contribution in [0.25, 0.3) is 11.1 Å². The average molecular weight is 278 g/mol. The molecule has 0 nitrogen and oxygen atoms in total. The van der Waals surface area contributed by atoms with Crippen molar-refractivity contribution in [2.24, 2.45) is 5.41 Å². The van der Waals surface area contributed by atoms with Crippen molar-refractivity contribution in [3.63, 3.8) is 0 Å². The van der Waals surface area contributed by atoms with Crippen LogP contribution in [-0.2, 0) is 5.41 Å². The predicted molar refractivity (Wildman–Crippen MR) is 91.9 cm³/mol. The van der Waals surface area contributed by atoms with Gasteiger partial charge in [0.25, 0.3) is 0 Å². The smallest absolute Gasteiger partial charge is 0.0150 e. The maximum Gasteiger partial charge on any atom is 0.0150 e. The molecular weight excluding hydrogens is 252 g/mol. The maximum absolute atomic E-state index is 2.45. The molecule has 0 aromatic heterocycles. The number of hydrogen-bond acceptors (Lipinski definition) is 0. The number of rotatable bonds is 0. The van der Waals surface area contributed by atoms with Crippen LogP contribution in [-0.4, -0.2) is 0 Å². The fraction of sp³-hybridized carbons (Fsp3) is 0.429. The summed E-state index contributed by atoms with van der Waals surface area (Å²) in [6.45, 7) is 13.9. The fourth-order valence-electron chi connectivity index (χ4n) is 3.61. The second kappa shape index (κ2) is 4.47. The van der Waals surface area contributed by atoms with Crippen molar-refractivity contribution in [1.29, 1.82) is 0 Å². The maximum atomic E-state index is 2.45. The Labute approximate surface area is 129 Å². The lowest BCUT2D eigenvalue weighted by Crippen LogP contribution is -2.18. The predicted octanol–water partition coefficient (Wildman–Crippen LogP) is 6.14. The summed E-state index contributed by atoms with van der Waals surface area (Å²) < 4.78 is 0. The summed E-state index contributed by atoms with van der Waals surface area (Å²) in [5.74, 6) is 0.492. The minimum atomic E-state index is 0.201. The molecule has 0 bridgehead atoms. The molecule has 0 amide bonds. The quantitative estimate of drug-likeness (QED) is 0.542. The molecule has 21 heavy (non-hydrogen) atoms. The summed E-state index contributed by atoms with van der Waals surface area (Å²) in [4.78, 5) is 0. The first kappa shape index (κ1) is 14.4. The van der Waals surface area contributed by atoms with Crippen LogP contribution >= 0.6 is 0 Å². The molecule has 0 aliphatic heterocycles. The second-order valence-electron chi connectivity index (χ2n) is 8.44. The molecule has 0 saturated carbocycles. The molecule has 1 unspecified atom stereocenters. The first-order valence-electron chi connectivity index (χ1n) is 7.93. The summed E-state index contributed by atoms with van der Waals surface area (Å²) in [5.41, 5.74) is 7.72. The molecule has 0 saturated heterocycles. The van der Waals surface area contributed by atoms with Gasteiger partial charge >= 0.3 is 0 Å². The zero-order valence-electron chi connectivity index (χ0n) is 14.1. The highest BCUT2D eigenvalue weighted by atomic mass is 14.4. The van der Waals surface area contributed by atoms with Crippen molar-refractivity contribution < 1.29 is 0 Å². The average Bonchev–Trinajstić information content (AvgIpc) is 2.70. The first-order valence-corrected chi connectivity index (χ1v) is 7.93. The molecule has 0 fully saturated rings. The van der Waals surface area contributed by atoms with E-state index >= 15 is 0 Å². The number of benzene rings is 2. The van der Waals surface area contributed by atoms with Gasteiger partial charge in [0.15, 0.2) is 0 Å². The van der Waals surface area contributed by atoms with Crippen molar-refractivity contribution in [1.82, 2.24) is 0 Å². The molecule has 0 heterocycles. The van der Waals surface area contributed by atoms with E-state index in [2.05, 4.69) is 84.0 Å². The molecule has 2 aromatic rings. The van der Waals surface area contributed by atoms with E-state index in [9.17, 15) is 0 Å². The summed E-state index contributed by atoms with van der Waals surface area (Å²) in [6.07, 6.45) is 0. The summed E-state index contributed by atoms with van der Waals surface area (Å²) in [5, 5.41) is 0. The van der Waals surface area contributed by atoms with Gasteiger partial charge in [-0.15, -0.1) is 0 Å². The number of hydrogen-bond donors (Lipinski definition) is 0. The van der Waals surface area contributed by atoms with Crippen LogP contribution in [0.3, 0.4) is 0 Å².